The highest BCUT2D eigenvalue weighted by atomic mass is 32.2. The third-order valence-corrected chi connectivity index (χ3v) is 7.19. The van der Waals surface area contributed by atoms with Gasteiger partial charge in [-0.15, -0.1) is 0 Å². The van der Waals surface area contributed by atoms with Crippen LogP contribution in [0.25, 0.3) is 0 Å². The second-order valence-corrected chi connectivity index (χ2v) is 9.67. The number of nitrogens with zero attached hydrogens (tertiary/aromatic N) is 3. The van der Waals surface area contributed by atoms with Crippen molar-refractivity contribution >= 4 is 27.5 Å². The summed E-state index contributed by atoms with van der Waals surface area (Å²) in [6, 6.07) is 14.6. The summed E-state index contributed by atoms with van der Waals surface area (Å²) >= 11 is 0. The fraction of sp³-hybridized carbons (Fsp3) is 0.417. The molecule has 1 saturated heterocycles. The van der Waals surface area contributed by atoms with E-state index in [4.69, 9.17) is 0 Å². The fourth-order valence-corrected chi connectivity index (χ4v) is 4.96. The van der Waals surface area contributed by atoms with Crippen molar-refractivity contribution in [2.75, 3.05) is 50.5 Å². The topological polar surface area (TPSA) is 90.0 Å². The molecule has 0 bridgehead atoms. The number of sulfonamides is 1. The Morgan fingerprint density at radius 1 is 0.909 bits per heavy atom. The average molecular weight is 473 g/mol. The molecule has 9 heteroatoms. The lowest BCUT2D eigenvalue weighted by Gasteiger charge is -2.25. The largest absolute Gasteiger partial charge is 0.342 e. The van der Waals surface area contributed by atoms with E-state index in [0.717, 1.165) is 13.0 Å². The van der Waals surface area contributed by atoms with Crippen molar-refractivity contribution in [3.05, 3.63) is 60.2 Å². The van der Waals surface area contributed by atoms with E-state index in [0.29, 0.717) is 50.5 Å². The molecule has 1 N–H and O–H groups in total. The highest BCUT2D eigenvalue weighted by Crippen LogP contribution is 2.18. The van der Waals surface area contributed by atoms with E-state index in [1.807, 2.05) is 18.7 Å². The standard InChI is InChI=1S/C24H32N4O4S/c1-3-27(4-2)23(29)19-26-15-8-16-28(18-17-26)24(30)20-11-13-21(14-12-20)25-33(31,32)22-9-6-5-7-10-22/h5-7,9-14,25H,3-4,8,15-19H2,1-2H3. The number of hydrogen-bond acceptors (Lipinski definition) is 5. The zero-order valence-electron chi connectivity index (χ0n) is 19.2. The number of likely N-dealkylation sites (N-methyl/N-ethyl adjacent to an activating group) is 1. The van der Waals surface area contributed by atoms with Gasteiger partial charge in [-0.05, 0) is 56.7 Å². The van der Waals surface area contributed by atoms with Crippen LogP contribution in [-0.2, 0) is 14.8 Å². The van der Waals surface area contributed by atoms with Crippen molar-refractivity contribution in [2.24, 2.45) is 0 Å². The van der Waals surface area contributed by atoms with Gasteiger partial charge in [0, 0.05) is 50.5 Å². The van der Waals surface area contributed by atoms with Gasteiger partial charge >= 0.3 is 0 Å². The Balaban J connectivity index is 1.58. The lowest BCUT2D eigenvalue weighted by atomic mass is 10.2. The van der Waals surface area contributed by atoms with E-state index in [-0.39, 0.29) is 16.7 Å². The molecule has 178 valence electrons. The Labute approximate surface area is 196 Å². The van der Waals surface area contributed by atoms with Crippen LogP contribution in [0.15, 0.2) is 59.5 Å². The summed E-state index contributed by atoms with van der Waals surface area (Å²) in [6.07, 6.45) is 0.798. The Hall–Kier alpha value is -2.91. The average Bonchev–Trinajstić information content (AvgIpc) is 3.06. The third-order valence-electron chi connectivity index (χ3n) is 5.79. The SMILES string of the molecule is CCN(CC)C(=O)CN1CCCN(C(=O)c2ccc(NS(=O)(=O)c3ccccc3)cc2)CC1. The van der Waals surface area contributed by atoms with Crippen molar-refractivity contribution in [1.82, 2.24) is 14.7 Å². The molecular weight excluding hydrogens is 440 g/mol. The highest BCUT2D eigenvalue weighted by Gasteiger charge is 2.23. The predicted octanol–water partition coefficient (Wildman–Crippen LogP) is 2.50. The van der Waals surface area contributed by atoms with Crippen LogP contribution < -0.4 is 4.72 Å². The van der Waals surface area contributed by atoms with Gasteiger partial charge in [-0.2, -0.15) is 0 Å². The van der Waals surface area contributed by atoms with Gasteiger partial charge in [0.15, 0.2) is 0 Å². The van der Waals surface area contributed by atoms with Gasteiger partial charge in [0.2, 0.25) is 5.91 Å². The van der Waals surface area contributed by atoms with Crippen LogP contribution >= 0.6 is 0 Å². The minimum absolute atomic E-state index is 0.0932. The Kier molecular flexibility index (Phi) is 8.46. The van der Waals surface area contributed by atoms with E-state index in [1.54, 1.807) is 47.4 Å². The summed E-state index contributed by atoms with van der Waals surface area (Å²) in [5, 5.41) is 0. The number of rotatable bonds is 8. The number of anilines is 1. The van der Waals surface area contributed by atoms with Gasteiger partial charge in [-0.1, -0.05) is 18.2 Å². The summed E-state index contributed by atoms with van der Waals surface area (Å²) in [5.41, 5.74) is 0.901. The molecule has 2 amide bonds. The first kappa shape index (κ1) is 24.7. The maximum absolute atomic E-state index is 13.0. The van der Waals surface area contributed by atoms with Crippen molar-refractivity contribution < 1.29 is 18.0 Å². The van der Waals surface area contributed by atoms with Crippen LogP contribution in [0.1, 0.15) is 30.6 Å². The molecule has 0 saturated carbocycles. The first-order valence-corrected chi connectivity index (χ1v) is 12.8. The summed E-state index contributed by atoms with van der Waals surface area (Å²) in [7, 11) is -3.68. The number of hydrogen-bond donors (Lipinski definition) is 1. The smallest absolute Gasteiger partial charge is 0.261 e. The van der Waals surface area contributed by atoms with Crippen molar-refractivity contribution in [1.29, 1.82) is 0 Å². The second kappa shape index (κ2) is 11.3. The highest BCUT2D eigenvalue weighted by molar-refractivity contribution is 7.92. The maximum atomic E-state index is 13.0. The molecule has 0 atom stereocenters. The van der Waals surface area contributed by atoms with Crippen molar-refractivity contribution in [2.45, 2.75) is 25.2 Å². The van der Waals surface area contributed by atoms with Crippen LogP contribution in [-0.4, -0.2) is 80.7 Å². The summed E-state index contributed by atoms with van der Waals surface area (Å²) in [6.45, 7) is 8.31. The lowest BCUT2D eigenvalue weighted by Crippen LogP contribution is -2.42. The minimum Gasteiger partial charge on any atom is -0.342 e. The lowest BCUT2D eigenvalue weighted by molar-refractivity contribution is -0.132. The molecule has 2 aromatic carbocycles. The normalized spacial score (nSPS) is 15.0. The molecule has 0 radical (unpaired) electrons. The van der Waals surface area contributed by atoms with E-state index in [2.05, 4.69) is 9.62 Å². The van der Waals surface area contributed by atoms with Gasteiger partial charge < -0.3 is 9.80 Å². The van der Waals surface area contributed by atoms with E-state index in [9.17, 15) is 18.0 Å². The van der Waals surface area contributed by atoms with Crippen LogP contribution in [0.2, 0.25) is 0 Å². The van der Waals surface area contributed by atoms with Crippen LogP contribution in [0.3, 0.4) is 0 Å². The van der Waals surface area contributed by atoms with Crippen LogP contribution in [0.5, 0.6) is 0 Å². The zero-order chi connectivity index (χ0) is 23.8. The molecule has 0 aliphatic carbocycles. The molecule has 3 rings (SSSR count). The zero-order valence-corrected chi connectivity index (χ0v) is 20.1. The minimum atomic E-state index is -3.68. The molecule has 0 aromatic heterocycles. The molecule has 8 nitrogen and oxygen atoms in total. The van der Waals surface area contributed by atoms with E-state index in [1.165, 1.54) is 12.1 Å². The third kappa shape index (κ3) is 6.55. The Morgan fingerprint density at radius 3 is 2.21 bits per heavy atom. The molecule has 1 aliphatic heterocycles. The van der Waals surface area contributed by atoms with Gasteiger partial charge in [0.05, 0.1) is 11.4 Å². The monoisotopic (exact) mass is 472 g/mol. The molecule has 0 unspecified atom stereocenters. The van der Waals surface area contributed by atoms with Crippen molar-refractivity contribution in [3.8, 4) is 0 Å². The summed E-state index contributed by atoms with van der Waals surface area (Å²) in [5.74, 6) is 0.0257. The van der Waals surface area contributed by atoms with Gasteiger partial charge in [0.1, 0.15) is 0 Å². The summed E-state index contributed by atoms with van der Waals surface area (Å²) < 4.78 is 27.5. The van der Waals surface area contributed by atoms with E-state index >= 15 is 0 Å². The molecule has 0 spiro atoms. The van der Waals surface area contributed by atoms with Crippen molar-refractivity contribution in [3.63, 3.8) is 0 Å². The quantitative estimate of drug-likeness (QED) is 0.638. The van der Waals surface area contributed by atoms with Gasteiger partial charge in [-0.3, -0.25) is 19.2 Å². The Bertz CT molecular complexity index is 1040. The number of amides is 2. The Morgan fingerprint density at radius 2 is 1.58 bits per heavy atom. The van der Waals surface area contributed by atoms with Crippen LogP contribution in [0.4, 0.5) is 5.69 Å². The summed E-state index contributed by atoms with van der Waals surface area (Å²) in [4.78, 5) is 31.3. The molecule has 1 fully saturated rings. The maximum Gasteiger partial charge on any atom is 0.261 e. The van der Waals surface area contributed by atoms with E-state index < -0.39 is 10.0 Å². The molecule has 1 aliphatic rings. The number of benzene rings is 2. The predicted molar refractivity (Wildman–Crippen MR) is 129 cm³/mol. The fourth-order valence-electron chi connectivity index (χ4n) is 3.88. The van der Waals surface area contributed by atoms with Gasteiger partial charge in [0.25, 0.3) is 15.9 Å². The molecule has 2 aromatic rings. The molecular formula is C24H32N4O4S. The second-order valence-electron chi connectivity index (χ2n) is 7.98. The molecule has 33 heavy (non-hydrogen) atoms. The van der Waals surface area contributed by atoms with Crippen LogP contribution in [0, 0.1) is 0 Å². The van der Waals surface area contributed by atoms with Gasteiger partial charge in [-0.25, -0.2) is 8.42 Å². The first-order valence-electron chi connectivity index (χ1n) is 11.3. The molecule has 1 heterocycles. The number of carbonyl (C=O) groups excluding carboxylic acids is 2. The number of carbonyl (C=O) groups is 2. The number of nitrogens with one attached hydrogen (secondary N) is 1. The first-order chi connectivity index (χ1) is 15.8.